The first-order valence-electron chi connectivity index (χ1n) is 3.72. The Balaban J connectivity index is 1.71. The van der Waals surface area contributed by atoms with E-state index in [-0.39, 0.29) is 0 Å². The van der Waals surface area contributed by atoms with E-state index < -0.39 is 0 Å². The average molecular weight is 145 g/mol. The molecule has 1 saturated carbocycles. The summed E-state index contributed by atoms with van der Waals surface area (Å²) in [4.78, 5) is 0. The highest BCUT2D eigenvalue weighted by Crippen LogP contribution is 2.27. The quantitative estimate of drug-likeness (QED) is 0.467. The van der Waals surface area contributed by atoms with Crippen LogP contribution in [0, 0.1) is 5.92 Å². The molecule has 0 unspecified atom stereocenters. The van der Waals surface area contributed by atoms with Crippen LogP contribution in [0.5, 0.6) is 0 Å². The van der Waals surface area contributed by atoms with Crippen LogP contribution in [0.4, 0.5) is 0 Å². The van der Waals surface area contributed by atoms with E-state index >= 15 is 0 Å². The van der Waals surface area contributed by atoms with Crippen LogP contribution in [-0.4, -0.2) is 18.2 Å². The Hall–Kier alpha value is 0.310. The molecule has 0 radical (unpaired) electrons. The highest BCUT2D eigenvalue weighted by atomic mass is 32.2. The lowest BCUT2D eigenvalue weighted by Crippen LogP contribution is -2.15. The molecular formula is C7H15NS. The van der Waals surface area contributed by atoms with Gasteiger partial charge in [0.25, 0.3) is 0 Å². The minimum Gasteiger partial charge on any atom is -0.308 e. The molecule has 0 atom stereocenters. The van der Waals surface area contributed by atoms with Crippen molar-refractivity contribution in [2.75, 3.05) is 18.2 Å². The molecule has 0 spiro atoms. The standard InChI is InChI=1S/C7H15NS/c1-2-9-6-8-5-7-3-4-7/h7-8H,2-6H2,1H3. The summed E-state index contributed by atoms with van der Waals surface area (Å²) in [5, 5.41) is 3.41. The third kappa shape index (κ3) is 3.82. The van der Waals surface area contributed by atoms with Gasteiger partial charge in [-0.25, -0.2) is 0 Å². The predicted molar refractivity (Wildman–Crippen MR) is 43.7 cm³/mol. The molecule has 9 heavy (non-hydrogen) atoms. The maximum absolute atomic E-state index is 3.41. The second-order valence-electron chi connectivity index (χ2n) is 2.53. The Labute approximate surface area is 61.6 Å². The zero-order valence-corrected chi connectivity index (χ0v) is 6.84. The van der Waals surface area contributed by atoms with Crippen LogP contribution in [0.2, 0.25) is 0 Å². The predicted octanol–water partition coefficient (Wildman–Crippen LogP) is 1.70. The van der Waals surface area contributed by atoms with Gasteiger partial charge in [-0.05, 0) is 31.1 Å². The van der Waals surface area contributed by atoms with Crippen LogP contribution < -0.4 is 5.32 Å². The number of hydrogen-bond donors (Lipinski definition) is 1. The van der Waals surface area contributed by atoms with E-state index in [0.29, 0.717) is 0 Å². The third-order valence-electron chi connectivity index (χ3n) is 1.54. The van der Waals surface area contributed by atoms with Gasteiger partial charge in [0, 0.05) is 5.88 Å². The second-order valence-corrected chi connectivity index (χ2v) is 3.81. The molecule has 1 aliphatic carbocycles. The summed E-state index contributed by atoms with van der Waals surface area (Å²) in [5.74, 6) is 3.41. The zero-order valence-electron chi connectivity index (χ0n) is 6.02. The van der Waals surface area contributed by atoms with Gasteiger partial charge in [-0.15, -0.1) is 11.8 Å². The van der Waals surface area contributed by atoms with Gasteiger partial charge >= 0.3 is 0 Å². The summed E-state index contributed by atoms with van der Waals surface area (Å²) >= 11 is 1.97. The maximum atomic E-state index is 3.41. The SMILES string of the molecule is CCSCNCC1CC1. The molecule has 2 heteroatoms. The van der Waals surface area contributed by atoms with Crippen LogP contribution in [0.1, 0.15) is 19.8 Å². The van der Waals surface area contributed by atoms with Crippen molar-refractivity contribution in [3.8, 4) is 0 Å². The van der Waals surface area contributed by atoms with Gasteiger partial charge in [0.15, 0.2) is 0 Å². The highest BCUT2D eigenvalue weighted by molar-refractivity contribution is 7.99. The average Bonchev–Trinajstić information content (AvgIpc) is 2.63. The van der Waals surface area contributed by atoms with Gasteiger partial charge in [0.05, 0.1) is 0 Å². The topological polar surface area (TPSA) is 12.0 Å². The minimum absolute atomic E-state index is 1.03. The highest BCUT2D eigenvalue weighted by Gasteiger charge is 2.19. The lowest BCUT2D eigenvalue weighted by molar-refractivity contribution is 0.704. The molecule has 1 aliphatic rings. The second kappa shape index (κ2) is 4.18. The Morgan fingerprint density at radius 2 is 2.33 bits per heavy atom. The van der Waals surface area contributed by atoms with E-state index in [4.69, 9.17) is 0 Å². The lowest BCUT2D eigenvalue weighted by Gasteiger charge is -1.99. The number of thioether (sulfide) groups is 1. The fourth-order valence-corrected chi connectivity index (χ4v) is 1.23. The molecule has 0 aromatic rings. The van der Waals surface area contributed by atoms with Gasteiger partial charge in [-0.2, -0.15) is 0 Å². The summed E-state index contributed by atoms with van der Waals surface area (Å²) in [5.41, 5.74) is 0. The molecule has 0 aromatic heterocycles. The van der Waals surface area contributed by atoms with Crippen molar-refractivity contribution in [1.82, 2.24) is 5.32 Å². The summed E-state index contributed by atoms with van der Waals surface area (Å²) in [6.45, 7) is 3.45. The Morgan fingerprint density at radius 1 is 1.56 bits per heavy atom. The van der Waals surface area contributed by atoms with E-state index in [1.807, 2.05) is 11.8 Å². The lowest BCUT2D eigenvalue weighted by atomic mass is 10.4. The third-order valence-corrected chi connectivity index (χ3v) is 2.35. The number of nitrogens with one attached hydrogen (secondary N) is 1. The van der Waals surface area contributed by atoms with Crippen LogP contribution in [0.25, 0.3) is 0 Å². The van der Waals surface area contributed by atoms with Gasteiger partial charge in [-0.3, -0.25) is 0 Å². The normalized spacial score (nSPS) is 18.3. The van der Waals surface area contributed by atoms with E-state index in [1.54, 1.807) is 0 Å². The van der Waals surface area contributed by atoms with Crippen molar-refractivity contribution >= 4 is 11.8 Å². The first kappa shape index (κ1) is 7.42. The molecule has 54 valence electrons. The summed E-state index contributed by atoms with van der Waals surface area (Å²) < 4.78 is 0. The fraction of sp³-hybridized carbons (Fsp3) is 1.00. The molecule has 0 heterocycles. The molecule has 0 aliphatic heterocycles. The maximum Gasteiger partial charge on any atom is 0.0417 e. The Morgan fingerprint density at radius 3 is 2.89 bits per heavy atom. The Bertz CT molecular complexity index is 71.3. The molecule has 0 aromatic carbocycles. The fourth-order valence-electron chi connectivity index (χ4n) is 0.759. The van der Waals surface area contributed by atoms with Crippen LogP contribution in [-0.2, 0) is 0 Å². The van der Waals surface area contributed by atoms with Gasteiger partial charge in [-0.1, -0.05) is 6.92 Å². The van der Waals surface area contributed by atoms with E-state index in [2.05, 4.69) is 12.2 Å². The molecule has 1 fully saturated rings. The summed E-state index contributed by atoms with van der Waals surface area (Å²) in [6, 6.07) is 0. The van der Waals surface area contributed by atoms with Crippen molar-refractivity contribution < 1.29 is 0 Å². The van der Waals surface area contributed by atoms with Gasteiger partial charge < -0.3 is 5.32 Å². The van der Waals surface area contributed by atoms with E-state index in [0.717, 1.165) is 11.8 Å². The molecular weight excluding hydrogens is 130 g/mol. The number of hydrogen-bond acceptors (Lipinski definition) is 2. The Kier molecular flexibility index (Phi) is 3.44. The smallest absolute Gasteiger partial charge is 0.0417 e. The van der Waals surface area contributed by atoms with Crippen molar-refractivity contribution in [3.63, 3.8) is 0 Å². The molecule has 0 saturated heterocycles. The molecule has 0 amide bonds. The molecule has 1 N–H and O–H groups in total. The van der Waals surface area contributed by atoms with E-state index in [9.17, 15) is 0 Å². The van der Waals surface area contributed by atoms with Gasteiger partial charge in [0.1, 0.15) is 0 Å². The van der Waals surface area contributed by atoms with Crippen LogP contribution >= 0.6 is 11.8 Å². The first-order chi connectivity index (χ1) is 4.43. The molecule has 0 bridgehead atoms. The van der Waals surface area contributed by atoms with Crippen LogP contribution in [0.3, 0.4) is 0 Å². The number of rotatable bonds is 5. The minimum atomic E-state index is 1.03. The van der Waals surface area contributed by atoms with Crippen molar-refractivity contribution in [1.29, 1.82) is 0 Å². The summed E-state index contributed by atoms with van der Waals surface area (Å²) in [6.07, 6.45) is 2.92. The molecule has 1 rings (SSSR count). The summed E-state index contributed by atoms with van der Waals surface area (Å²) in [7, 11) is 0. The van der Waals surface area contributed by atoms with Gasteiger partial charge in [0.2, 0.25) is 0 Å². The van der Waals surface area contributed by atoms with Crippen molar-refractivity contribution in [2.45, 2.75) is 19.8 Å². The largest absolute Gasteiger partial charge is 0.308 e. The zero-order chi connectivity index (χ0) is 6.53. The monoisotopic (exact) mass is 145 g/mol. The van der Waals surface area contributed by atoms with Crippen LogP contribution in [0.15, 0.2) is 0 Å². The van der Waals surface area contributed by atoms with Crippen molar-refractivity contribution in [3.05, 3.63) is 0 Å². The van der Waals surface area contributed by atoms with Crippen molar-refractivity contribution in [2.24, 2.45) is 5.92 Å². The first-order valence-corrected chi connectivity index (χ1v) is 4.87. The van der Waals surface area contributed by atoms with E-state index in [1.165, 1.54) is 25.1 Å². The molecule has 1 nitrogen and oxygen atoms in total.